The first-order chi connectivity index (χ1) is 14.1. The van der Waals surface area contributed by atoms with Crippen LogP contribution in [0.1, 0.15) is 49.3 Å². The minimum Gasteiger partial charge on any atom is -0.398 e. The third-order valence-electron chi connectivity index (χ3n) is 5.19. The second kappa shape index (κ2) is 10.3. The van der Waals surface area contributed by atoms with Crippen molar-refractivity contribution in [1.29, 1.82) is 0 Å². The van der Waals surface area contributed by atoms with Crippen molar-refractivity contribution in [3.05, 3.63) is 102 Å². The first-order valence-corrected chi connectivity index (χ1v) is 11.2. The number of para-hydroxylation sites is 1. The van der Waals surface area contributed by atoms with E-state index in [1.807, 2.05) is 23.9 Å². The van der Waals surface area contributed by atoms with E-state index < -0.39 is 0 Å². The monoisotopic (exact) mass is 403 g/mol. The first-order valence-electron chi connectivity index (χ1n) is 10.2. The topological polar surface area (TPSA) is 43.1 Å². The molecule has 0 aromatic heterocycles. The molecule has 0 saturated heterocycles. The quantitative estimate of drug-likeness (QED) is 0.240. The van der Waals surface area contributed by atoms with E-state index in [1.165, 1.54) is 11.1 Å². The lowest BCUT2D eigenvalue weighted by Crippen LogP contribution is -2.27. The first kappa shape index (κ1) is 21.2. The van der Waals surface area contributed by atoms with Crippen molar-refractivity contribution in [3.63, 3.8) is 0 Å². The van der Waals surface area contributed by atoms with Gasteiger partial charge < -0.3 is 10.5 Å². The highest BCUT2D eigenvalue weighted by molar-refractivity contribution is 8.00. The number of carbonyl (C=O) groups is 1. The lowest BCUT2D eigenvalue weighted by atomic mass is 9.83. The molecule has 150 valence electrons. The summed E-state index contributed by atoms with van der Waals surface area (Å²) in [7, 11) is 0. The highest BCUT2D eigenvalue weighted by atomic mass is 32.2. The SMILES string of the molecule is CC(=O)CCCCCSC(c1ccccc1)(c1ccccc1)c1ccccc1N. The normalized spacial score (nSPS) is 11.3. The maximum Gasteiger partial charge on any atom is 0.129 e. The van der Waals surface area contributed by atoms with Crippen LogP contribution in [0.2, 0.25) is 0 Å². The third kappa shape index (κ3) is 5.10. The van der Waals surface area contributed by atoms with Crippen molar-refractivity contribution in [2.24, 2.45) is 0 Å². The Morgan fingerprint density at radius 3 is 1.90 bits per heavy atom. The zero-order valence-corrected chi connectivity index (χ0v) is 17.8. The Balaban J connectivity index is 1.99. The van der Waals surface area contributed by atoms with E-state index in [-0.39, 0.29) is 10.5 Å². The number of unbranched alkanes of at least 4 members (excludes halogenated alkanes) is 2. The molecule has 0 radical (unpaired) electrons. The van der Waals surface area contributed by atoms with Crippen LogP contribution in [0.5, 0.6) is 0 Å². The minimum absolute atomic E-state index is 0.276. The van der Waals surface area contributed by atoms with Gasteiger partial charge in [-0.25, -0.2) is 0 Å². The van der Waals surface area contributed by atoms with E-state index in [0.29, 0.717) is 6.42 Å². The van der Waals surface area contributed by atoms with E-state index in [4.69, 9.17) is 5.73 Å². The van der Waals surface area contributed by atoms with Gasteiger partial charge in [0.05, 0.1) is 4.75 Å². The molecule has 0 aliphatic heterocycles. The summed E-state index contributed by atoms with van der Waals surface area (Å²) in [4.78, 5) is 11.2. The highest BCUT2D eigenvalue weighted by Crippen LogP contribution is 2.50. The number of hydrogen-bond acceptors (Lipinski definition) is 3. The summed E-state index contributed by atoms with van der Waals surface area (Å²) in [5.74, 6) is 1.27. The molecule has 0 unspecified atom stereocenters. The average Bonchev–Trinajstić information content (AvgIpc) is 2.75. The van der Waals surface area contributed by atoms with E-state index in [2.05, 4.69) is 72.8 Å². The maximum absolute atomic E-state index is 11.2. The average molecular weight is 404 g/mol. The molecule has 3 aromatic rings. The van der Waals surface area contributed by atoms with Crippen LogP contribution in [0.4, 0.5) is 5.69 Å². The largest absolute Gasteiger partial charge is 0.398 e. The molecule has 0 aliphatic rings. The number of nitrogens with two attached hydrogens (primary N) is 1. The summed E-state index contributed by atoms with van der Waals surface area (Å²) in [6.07, 6.45) is 3.79. The molecule has 0 saturated carbocycles. The number of hydrogen-bond donors (Lipinski definition) is 1. The number of nitrogen functional groups attached to an aromatic ring is 1. The van der Waals surface area contributed by atoms with Crippen LogP contribution in [-0.2, 0) is 9.54 Å². The van der Waals surface area contributed by atoms with Crippen molar-refractivity contribution < 1.29 is 4.79 Å². The van der Waals surface area contributed by atoms with Gasteiger partial charge in [-0.15, -0.1) is 11.8 Å². The van der Waals surface area contributed by atoms with Gasteiger partial charge in [-0.05, 0) is 48.3 Å². The number of carbonyl (C=O) groups excluding carboxylic acids is 1. The van der Waals surface area contributed by atoms with Gasteiger partial charge in [0.2, 0.25) is 0 Å². The van der Waals surface area contributed by atoms with Crippen LogP contribution in [0.25, 0.3) is 0 Å². The van der Waals surface area contributed by atoms with E-state index in [1.54, 1.807) is 6.92 Å². The number of Topliss-reactive ketones (excluding diaryl/α,β-unsaturated/α-hetero) is 1. The third-order valence-corrected chi connectivity index (χ3v) is 6.81. The molecule has 0 bridgehead atoms. The van der Waals surface area contributed by atoms with Gasteiger partial charge in [0.25, 0.3) is 0 Å². The summed E-state index contributed by atoms with van der Waals surface area (Å²) >= 11 is 1.94. The molecule has 29 heavy (non-hydrogen) atoms. The lowest BCUT2D eigenvalue weighted by molar-refractivity contribution is -0.117. The fourth-order valence-electron chi connectivity index (χ4n) is 3.76. The zero-order chi connectivity index (χ0) is 20.5. The van der Waals surface area contributed by atoms with E-state index in [9.17, 15) is 4.79 Å². The van der Waals surface area contributed by atoms with Gasteiger partial charge >= 0.3 is 0 Å². The standard InChI is InChI=1S/C26H29NOS/c1-21(28)13-5-4-12-20-29-26(22-14-6-2-7-15-22,23-16-8-3-9-17-23)24-18-10-11-19-25(24)27/h2-3,6-11,14-19H,4-5,12-13,20,27H2,1H3. The predicted molar refractivity (Wildman–Crippen MR) is 125 cm³/mol. The molecular formula is C26H29NOS. The number of thioether (sulfide) groups is 1. The fourth-order valence-corrected chi connectivity index (χ4v) is 5.37. The molecule has 2 nitrogen and oxygen atoms in total. The Bertz CT molecular complexity index is 869. The second-order valence-corrected chi connectivity index (χ2v) is 8.67. The molecule has 0 spiro atoms. The molecule has 0 atom stereocenters. The molecule has 3 aromatic carbocycles. The van der Waals surface area contributed by atoms with Crippen LogP contribution in [-0.4, -0.2) is 11.5 Å². The summed E-state index contributed by atoms with van der Waals surface area (Å²) in [6.45, 7) is 1.67. The van der Waals surface area contributed by atoms with Crippen LogP contribution >= 0.6 is 11.8 Å². The molecule has 3 rings (SSSR count). The Morgan fingerprint density at radius 2 is 1.34 bits per heavy atom. The molecule has 0 amide bonds. The van der Waals surface area contributed by atoms with Gasteiger partial charge in [-0.2, -0.15) is 0 Å². The van der Waals surface area contributed by atoms with Gasteiger partial charge in [0.15, 0.2) is 0 Å². The molecule has 2 N–H and O–H groups in total. The molecule has 0 aliphatic carbocycles. The van der Waals surface area contributed by atoms with Crippen molar-refractivity contribution in [1.82, 2.24) is 0 Å². The van der Waals surface area contributed by atoms with Crippen molar-refractivity contribution in [2.75, 3.05) is 11.5 Å². The van der Waals surface area contributed by atoms with Crippen molar-refractivity contribution in [3.8, 4) is 0 Å². The Labute approximate surface area is 178 Å². The van der Waals surface area contributed by atoms with Gasteiger partial charge in [0.1, 0.15) is 5.78 Å². The summed E-state index contributed by atoms with van der Waals surface area (Å²) < 4.78 is -0.367. The fraction of sp³-hybridized carbons (Fsp3) is 0.269. The van der Waals surface area contributed by atoms with E-state index >= 15 is 0 Å². The van der Waals surface area contributed by atoms with Crippen molar-refractivity contribution >= 4 is 23.2 Å². The summed E-state index contributed by atoms with van der Waals surface area (Å²) in [5, 5.41) is 0. The molecule has 0 fully saturated rings. The zero-order valence-electron chi connectivity index (χ0n) is 17.0. The molecule has 0 heterocycles. The smallest absolute Gasteiger partial charge is 0.129 e. The number of anilines is 1. The summed E-state index contributed by atoms with van der Waals surface area (Å²) in [5.41, 5.74) is 10.9. The highest BCUT2D eigenvalue weighted by Gasteiger charge is 2.38. The van der Waals surface area contributed by atoms with E-state index in [0.717, 1.165) is 36.3 Å². The van der Waals surface area contributed by atoms with Crippen LogP contribution in [0.3, 0.4) is 0 Å². The summed E-state index contributed by atoms with van der Waals surface area (Å²) in [6, 6.07) is 29.5. The Kier molecular flexibility index (Phi) is 7.54. The lowest BCUT2D eigenvalue weighted by Gasteiger charge is -2.36. The number of rotatable bonds is 10. The van der Waals surface area contributed by atoms with Gasteiger partial charge in [-0.1, -0.05) is 85.3 Å². The second-order valence-electron chi connectivity index (χ2n) is 7.36. The van der Waals surface area contributed by atoms with Crippen LogP contribution in [0, 0.1) is 0 Å². The van der Waals surface area contributed by atoms with Crippen molar-refractivity contribution in [2.45, 2.75) is 37.4 Å². The maximum atomic E-state index is 11.2. The number of ketones is 1. The van der Waals surface area contributed by atoms with Gasteiger partial charge in [-0.3, -0.25) is 0 Å². The van der Waals surface area contributed by atoms with Gasteiger partial charge in [0, 0.05) is 12.1 Å². The Hall–Kier alpha value is -2.52. The minimum atomic E-state index is -0.367. The van der Waals surface area contributed by atoms with Crippen LogP contribution in [0.15, 0.2) is 84.9 Å². The Morgan fingerprint density at radius 1 is 0.793 bits per heavy atom. The predicted octanol–water partition coefficient (Wildman–Crippen LogP) is 6.44. The molecular weight excluding hydrogens is 374 g/mol. The van der Waals surface area contributed by atoms with Crippen LogP contribution < -0.4 is 5.73 Å². The number of benzene rings is 3. The molecule has 3 heteroatoms.